The zero-order chi connectivity index (χ0) is 11.3. The van der Waals surface area contributed by atoms with E-state index in [0.717, 1.165) is 22.4 Å². The number of aliphatic hydroxyl groups is 1. The van der Waals surface area contributed by atoms with Crippen molar-refractivity contribution in [3.63, 3.8) is 0 Å². The van der Waals surface area contributed by atoms with Crippen LogP contribution >= 0.6 is 0 Å². The number of benzene rings is 1. The van der Waals surface area contributed by atoms with Gasteiger partial charge >= 0.3 is 0 Å². The maximum atomic E-state index is 8.62. The van der Waals surface area contributed by atoms with Crippen LogP contribution in [-0.2, 0) is 0 Å². The van der Waals surface area contributed by atoms with Crippen molar-refractivity contribution < 1.29 is 5.11 Å². The van der Waals surface area contributed by atoms with Gasteiger partial charge in [-0.15, -0.1) is 0 Å². The largest absolute Gasteiger partial charge is 0.398 e. The summed E-state index contributed by atoms with van der Waals surface area (Å²) in [5.74, 6) is 0. The predicted octanol–water partition coefficient (Wildman–Crippen LogP) is 1.17. The van der Waals surface area contributed by atoms with E-state index in [1.54, 1.807) is 0 Å². The summed E-state index contributed by atoms with van der Waals surface area (Å²) in [5.41, 5.74) is 9.70. The lowest BCUT2D eigenvalue weighted by Gasteiger charge is -2.09. The molecule has 15 heavy (non-hydrogen) atoms. The van der Waals surface area contributed by atoms with E-state index < -0.39 is 0 Å². The molecule has 0 aliphatic rings. The molecule has 3 nitrogen and oxygen atoms in total. The molecule has 0 saturated carbocycles. The summed E-state index contributed by atoms with van der Waals surface area (Å²) in [5, 5.41) is 11.7. The first kappa shape index (κ1) is 11.8. The summed E-state index contributed by atoms with van der Waals surface area (Å²) in [6.07, 6.45) is 0. The molecule has 0 aliphatic heterocycles. The highest BCUT2D eigenvalue weighted by Crippen LogP contribution is 2.18. The van der Waals surface area contributed by atoms with Crippen LogP contribution in [0.1, 0.15) is 11.1 Å². The molecule has 0 atom stereocenters. The summed E-state index contributed by atoms with van der Waals surface area (Å²) in [6.45, 7) is 7.34. The summed E-state index contributed by atoms with van der Waals surface area (Å²) in [6, 6.07) is 5.93. The molecule has 1 aromatic rings. The SMILES string of the molecule is C=C(CNCCO)c1ccc(C)c(N)c1. The second-order valence-electron chi connectivity index (χ2n) is 3.58. The second-order valence-corrected chi connectivity index (χ2v) is 3.58. The van der Waals surface area contributed by atoms with Gasteiger partial charge in [0, 0.05) is 18.8 Å². The summed E-state index contributed by atoms with van der Waals surface area (Å²) < 4.78 is 0. The second kappa shape index (κ2) is 5.53. The van der Waals surface area contributed by atoms with Crippen LogP contribution in [-0.4, -0.2) is 24.8 Å². The van der Waals surface area contributed by atoms with Gasteiger partial charge in [0.25, 0.3) is 0 Å². The normalized spacial score (nSPS) is 10.3. The topological polar surface area (TPSA) is 58.3 Å². The van der Waals surface area contributed by atoms with Crippen LogP contribution in [0.15, 0.2) is 24.8 Å². The molecule has 0 bridgehead atoms. The highest BCUT2D eigenvalue weighted by Gasteiger charge is 2.00. The average molecular weight is 206 g/mol. The Morgan fingerprint density at radius 1 is 1.53 bits per heavy atom. The van der Waals surface area contributed by atoms with Crippen molar-refractivity contribution in [2.45, 2.75) is 6.92 Å². The lowest BCUT2D eigenvalue weighted by Crippen LogP contribution is -2.20. The summed E-state index contributed by atoms with van der Waals surface area (Å²) in [4.78, 5) is 0. The fourth-order valence-electron chi connectivity index (χ4n) is 1.28. The molecule has 0 saturated heterocycles. The fourth-order valence-corrected chi connectivity index (χ4v) is 1.28. The minimum Gasteiger partial charge on any atom is -0.398 e. The van der Waals surface area contributed by atoms with Gasteiger partial charge in [-0.25, -0.2) is 0 Å². The smallest absolute Gasteiger partial charge is 0.0556 e. The Balaban J connectivity index is 2.62. The van der Waals surface area contributed by atoms with Gasteiger partial charge in [-0.2, -0.15) is 0 Å². The quantitative estimate of drug-likeness (QED) is 0.500. The molecule has 3 heteroatoms. The number of nitrogens with two attached hydrogens (primary N) is 1. The molecular weight excluding hydrogens is 188 g/mol. The minimum atomic E-state index is 0.142. The van der Waals surface area contributed by atoms with Crippen molar-refractivity contribution in [1.82, 2.24) is 5.32 Å². The van der Waals surface area contributed by atoms with Gasteiger partial charge in [0.2, 0.25) is 0 Å². The Hall–Kier alpha value is -1.32. The molecule has 0 aliphatic carbocycles. The first-order valence-corrected chi connectivity index (χ1v) is 5.01. The van der Waals surface area contributed by atoms with E-state index in [-0.39, 0.29) is 6.61 Å². The Labute approximate surface area is 90.6 Å². The van der Waals surface area contributed by atoms with Crippen LogP contribution in [0.2, 0.25) is 0 Å². The van der Waals surface area contributed by atoms with Gasteiger partial charge in [0.15, 0.2) is 0 Å². The van der Waals surface area contributed by atoms with Crippen molar-refractivity contribution in [2.75, 3.05) is 25.4 Å². The molecule has 0 amide bonds. The Kier molecular flexibility index (Phi) is 4.34. The number of hydrogen-bond donors (Lipinski definition) is 3. The zero-order valence-corrected chi connectivity index (χ0v) is 9.09. The molecule has 0 heterocycles. The molecule has 4 N–H and O–H groups in total. The molecule has 0 unspecified atom stereocenters. The maximum absolute atomic E-state index is 8.62. The van der Waals surface area contributed by atoms with E-state index in [4.69, 9.17) is 10.8 Å². The molecule has 0 fully saturated rings. The highest BCUT2D eigenvalue weighted by atomic mass is 16.3. The third-order valence-corrected chi connectivity index (χ3v) is 2.31. The van der Waals surface area contributed by atoms with Crippen molar-refractivity contribution >= 4 is 11.3 Å². The average Bonchev–Trinajstić information content (AvgIpc) is 2.22. The van der Waals surface area contributed by atoms with E-state index in [1.165, 1.54) is 0 Å². The van der Waals surface area contributed by atoms with Crippen LogP contribution < -0.4 is 11.1 Å². The molecule has 1 rings (SSSR count). The predicted molar refractivity (Wildman–Crippen MR) is 64.6 cm³/mol. The Morgan fingerprint density at radius 2 is 2.27 bits per heavy atom. The van der Waals surface area contributed by atoms with Gasteiger partial charge in [-0.3, -0.25) is 0 Å². The van der Waals surface area contributed by atoms with Gasteiger partial charge in [0.05, 0.1) is 6.61 Å². The third kappa shape index (κ3) is 3.38. The number of rotatable bonds is 5. The molecule has 0 aromatic heterocycles. The monoisotopic (exact) mass is 206 g/mol. The van der Waals surface area contributed by atoms with Gasteiger partial charge < -0.3 is 16.2 Å². The molecular formula is C12H18N2O. The number of anilines is 1. The Bertz CT molecular complexity index is 347. The van der Waals surface area contributed by atoms with Crippen LogP contribution in [0.3, 0.4) is 0 Å². The molecule has 0 radical (unpaired) electrons. The number of nitrogens with one attached hydrogen (secondary N) is 1. The maximum Gasteiger partial charge on any atom is 0.0556 e. The lowest BCUT2D eigenvalue weighted by molar-refractivity contribution is 0.295. The van der Waals surface area contributed by atoms with Crippen molar-refractivity contribution in [3.8, 4) is 0 Å². The number of hydrogen-bond acceptors (Lipinski definition) is 3. The molecule has 82 valence electrons. The number of aliphatic hydroxyl groups excluding tert-OH is 1. The van der Waals surface area contributed by atoms with E-state index in [1.807, 2.05) is 25.1 Å². The van der Waals surface area contributed by atoms with Crippen LogP contribution in [0.4, 0.5) is 5.69 Å². The van der Waals surface area contributed by atoms with Crippen molar-refractivity contribution in [2.24, 2.45) is 0 Å². The summed E-state index contributed by atoms with van der Waals surface area (Å²) in [7, 11) is 0. The van der Waals surface area contributed by atoms with E-state index in [2.05, 4.69) is 11.9 Å². The third-order valence-electron chi connectivity index (χ3n) is 2.31. The van der Waals surface area contributed by atoms with Crippen molar-refractivity contribution in [1.29, 1.82) is 0 Å². The van der Waals surface area contributed by atoms with E-state index in [9.17, 15) is 0 Å². The standard InChI is InChI=1S/C12H18N2O/c1-9-3-4-11(7-12(9)13)10(2)8-14-5-6-15/h3-4,7,14-15H,2,5-6,8,13H2,1H3. The van der Waals surface area contributed by atoms with Crippen LogP contribution in [0, 0.1) is 6.92 Å². The van der Waals surface area contributed by atoms with Gasteiger partial charge in [-0.1, -0.05) is 18.7 Å². The first-order chi connectivity index (χ1) is 7.15. The molecule has 0 spiro atoms. The van der Waals surface area contributed by atoms with Crippen molar-refractivity contribution in [3.05, 3.63) is 35.9 Å². The molecule has 1 aromatic carbocycles. The fraction of sp³-hybridized carbons (Fsp3) is 0.333. The zero-order valence-electron chi connectivity index (χ0n) is 9.09. The lowest BCUT2D eigenvalue weighted by atomic mass is 10.0. The number of nitrogen functional groups attached to an aromatic ring is 1. The van der Waals surface area contributed by atoms with Crippen LogP contribution in [0.5, 0.6) is 0 Å². The van der Waals surface area contributed by atoms with E-state index >= 15 is 0 Å². The Morgan fingerprint density at radius 3 is 2.87 bits per heavy atom. The minimum absolute atomic E-state index is 0.142. The first-order valence-electron chi connectivity index (χ1n) is 5.01. The van der Waals surface area contributed by atoms with Gasteiger partial charge in [0.1, 0.15) is 0 Å². The highest BCUT2D eigenvalue weighted by molar-refractivity contribution is 5.68. The number of aryl methyl sites for hydroxylation is 1. The van der Waals surface area contributed by atoms with Crippen LogP contribution in [0.25, 0.3) is 5.57 Å². The van der Waals surface area contributed by atoms with E-state index in [0.29, 0.717) is 13.1 Å². The summed E-state index contributed by atoms with van der Waals surface area (Å²) >= 11 is 0. The van der Waals surface area contributed by atoms with Gasteiger partial charge in [-0.05, 0) is 29.7 Å².